The van der Waals surface area contributed by atoms with E-state index in [2.05, 4.69) is 14.6 Å². The van der Waals surface area contributed by atoms with Crippen LogP contribution in [0.1, 0.15) is 24.8 Å². The number of ether oxygens (including phenoxy) is 2. The molecule has 2 saturated carbocycles. The number of hydrogen-bond acceptors (Lipinski definition) is 5. The average Bonchev–Trinajstić information content (AvgIpc) is 3.01. The van der Waals surface area contributed by atoms with E-state index in [0.717, 1.165) is 19.1 Å². The number of hydrogen-bond donors (Lipinski definition) is 0. The van der Waals surface area contributed by atoms with Gasteiger partial charge in [-0.1, -0.05) is 18.6 Å². The van der Waals surface area contributed by atoms with Crippen molar-refractivity contribution in [3.8, 4) is 11.6 Å². The highest BCUT2D eigenvalue weighted by Crippen LogP contribution is 2.53. The van der Waals surface area contributed by atoms with Gasteiger partial charge in [0, 0.05) is 39.3 Å². The van der Waals surface area contributed by atoms with Crippen molar-refractivity contribution in [2.45, 2.75) is 38.2 Å². The van der Waals surface area contributed by atoms with Crippen molar-refractivity contribution < 1.29 is 27.4 Å². The number of aryl methyl sites for hydroxylation is 1. The van der Waals surface area contributed by atoms with Crippen LogP contribution in [0.3, 0.4) is 0 Å². The van der Waals surface area contributed by atoms with Gasteiger partial charge in [-0.2, -0.15) is 0 Å². The van der Waals surface area contributed by atoms with Gasteiger partial charge in [0.15, 0.2) is 0 Å². The standard InChI is InChI=1S/C23H27F3N4O3/c1-28-13-21(27-14-28)32-22(31)30(9-15-4-2-7-17(8-15)33-23(24,25)26)12-20-18-10-29(11-19(18)20)16-5-3-6-16/h2,4,7-8,13-14,16,18-20H,3,5-6,9-12H2,1H3. The van der Waals surface area contributed by atoms with E-state index in [4.69, 9.17) is 4.74 Å². The molecule has 2 heterocycles. The van der Waals surface area contributed by atoms with Crippen molar-refractivity contribution in [2.24, 2.45) is 24.8 Å². The molecule has 2 unspecified atom stereocenters. The molecule has 5 rings (SSSR count). The van der Waals surface area contributed by atoms with Crippen molar-refractivity contribution in [3.63, 3.8) is 0 Å². The molecule has 1 aromatic heterocycles. The molecule has 0 bridgehead atoms. The van der Waals surface area contributed by atoms with Gasteiger partial charge in [-0.25, -0.2) is 9.78 Å². The zero-order valence-electron chi connectivity index (χ0n) is 18.4. The Bertz CT molecular complexity index is 995. The Morgan fingerprint density at radius 1 is 1.24 bits per heavy atom. The second kappa shape index (κ2) is 8.55. The number of amides is 1. The lowest BCUT2D eigenvalue weighted by Crippen LogP contribution is -2.41. The second-order valence-corrected chi connectivity index (χ2v) is 9.35. The van der Waals surface area contributed by atoms with Crippen molar-refractivity contribution in [3.05, 3.63) is 42.4 Å². The zero-order chi connectivity index (χ0) is 23.2. The number of carbonyl (C=O) groups excluding carboxylic acids is 1. The molecule has 0 radical (unpaired) electrons. The summed E-state index contributed by atoms with van der Waals surface area (Å²) in [6, 6.07) is 6.44. The zero-order valence-corrected chi connectivity index (χ0v) is 18.4. The summed E-state index contributed by atoms with van der Waals surface area (Å²) < 4.78 is 49.0. The van der Waals surface area contributed by atoms with E-state index in [1.165, 1.54) is 43.8 Å². The summed E-state index contributed by atoms with van der Waals surface area (Å²) in [5.74, 6) is 1.39. The number of alkyl halides is 3. The summed E-state index contributed by atoms with van der Waals surface area (Å²) in [4.78, 5) is 21.2. The Hall–Kier alpha value is -2.75. The SMILES string of the molecule is Cn1cnc(OC(=O)N(Cc2cccc(OC(F)(F)F)c2)CC2C3CN(C4CCC4)CC23)c1. The maximum absolute atomic E-state index is 13.0. The summed E-state index contributed by atoms with van der Waals surface area (Å²) in [6.07, 6.45) is 1.67. The fourth-order valence-corrected chi connectivity index (χ4v) is 5.12. The second-order valence-electron chi connectivity index (χ2n) is 9.35. The highest BCUT2D eigenvalue weighted by atomic mass is 19.4. The lowest BCUT2D eigenvalue weighted by atomic mass is 9.91. The molecule has 2 aromatic rings. The summed E-state index contributed by atoms with van der Waals surface area (Å²) in [7, 11) is 1.77. The first-order valence-corrected chi connectivity index (χ1v) is 11.3. The van der Waals surface area contributed by atoms with Crippen molar-refractivity contribution in [1.29, 1.82) is 0 Å². The van der Waals surface area contributed by atoms with Crippen molar-refractivity contribution >= 4 is 6.09 Å². The maximum atomic E-state index is 13.0. The van der Waals surface area contributed by atoms with Crippen LogP contribution in [0.5, 0.6) is 11.6 Å². The quantitative estimate of drug-likeness (QED) is 0.619. The summed E-state index contributed by atoms with van der Waals surface area (Å²) in [5.41, 5.74) is 0.539. The Morgan fingerprint density at radius 3 is 2.61 bits per heavy atom. The van der Waals surface area contributed by atoms with E-state index in [0.29, 0.717) is 29.9 Å². The van der Waals surface area contributed by atoms with Gasteiger partial charge < -0.3 is 18.9 Å². The van der Waals surface area contributed by atoms with Crippen LogP contribution in [0.25, 0.3) is 0 Å². The third-order valence-electron chi connectivity index (χ3n) is 7.06. The van der Waals surface area contributed by atoms with Gasteiger partial charge in [0.05, 0.1) is 12.5 Å². The number of aromatic nitrogens is 2. The van der Waals surface area contributed by atoms with Crippen LogP contribution in [0.2, 0.25) is 0 Å². The van der Waals surface area contributed by atoms with E-state index < -0.39 is 12.5 Å². The molecule has 1 saturated heterocycles. The molecule has 0 N–H and O–H groups in total. The predicted molar refractivity (Wildman–Crippen MR) is 112 cm³/mol. The van der Waals surface area contributed by atoms with E-state index in [-0.39, 0.29) is 18.2 Å². The molecule has 1 amide bonds. The largest absolute Gasteiger partial charge is 0.573 e. The molecule has 178 valence electrons. The van der Waals surface area contributed by atoms with Crippen LogP contribution in [-0.4, -0.2) is 57.5 Å². The average molecular weight is 464 g/mol. The Morgan fingerprint density at radius 2 is 2.00 bits per heavy atom. The number of benzene rings is 1. The minimum absolute atomic E-state index is 0.128. The number of halogens is 3. The topological polar surface area (TPSA) is 59.8 Å². The first-order valence-electron chi connectivity index (χ1n) is 11.3. The van der Waals surface area contributed by atoms with Crippen LogP contribution < -0.4 is 9.47 Å². The van der Waals surface area contributed by atoms with Crippen molar-refractivity contribution in [1.82, 2.24) is 19.4 Å². The fraction of sp³-hybridized carbons (Fsp3) is 0.565. The number of piperidine rings is 1. The highest BCUT2D eigenvalue weighted by Gasteiger charge is 2.57. The summed E-state index contributed by atoms with van der Waals surface area (Å²) >= 11 is 0. The molecular weight excluding hydrogens is 437 g/mol. The van der Waals surface area contributed by atoms with Crippen LogP contribution in [0.15, 0.2) is 36.8 Å². The highest BCUT2D eigenvalue weighted by molar-refractivity contribution is 5.70. The third kappa shape index (κ3) is 5.10. The van der Waals surface area contributed by atoms with E-state index in [1.54, 1.807) is 28.8 Å². The van der Waals surface area contributed by atoms with Crippen molar-refractivity contribution in [2.75, 3.05) is 19.6 Å². The van der Waals surface area contributed by atoms with Crippen LogP contribution in [-0.2, 0) is 13.6 Å². The minimum atomic E-state index is -4.77. The summed E-state index contributed by atoms with van der Waals surface area (Å²) in [5, 5.41) is 0. The number of carbonyl (C=O) groups is 1. The normalized spacial score (nSPS) is 24.8. The van der Waals surface area contributed by atoms with Crippen LogP contribution in [0, 0.1) is 17.8 Å². The molecule has 1 aliphatic heterocycles. The molecule has 0 spiro atoms. The van der Waals surface area contributed by atoms with Gasteiger partial charge >= 0.3 is 12.5 Å². The molecule has 10 heteroatoms. The molecule has 3 aliphatic rings. The van der Waals surface area contributed by atoms with Crippen LogP contribution >= 0.6 is 0 Å². The predicted octanol–water partition coefficient (Wildman–Crippen LogP) is 4.05. The van der Waals surface area contributed by atoms with Gasteiger partial charge in [0.1, 0.15) is 5.75 Å². The molecule has 3 fully saturated rings. The van der Waals surface area contributed by atoms with E-state index in [1.807, 2.05) is 0 Å². The maximum Gasteiger partial charge on any atom is 0.573 e. The molecule has 1 aromatic carbocycles. The monoisotopic (exact) mass is 464 g/mol. The van der Waals surface area contributed by atoms with Crippen LogP contribution in [0.4, 0.5) is 18.0 Å². The fourth-order valence-electron chi connectivity index (χ4n) is 5.12. The molecule has 2 atom stereocenters. The first-order chi connectivity index (χ1) is 15.7. The van der Waals surface area contributed by atoms with Gasteiger partial charge in [0.25, 0.3) is 0 Å². The summed E-state index contributed by atoms with van der Waals surface area (Å²) in [6.45, 7) is 2.77. The molecular formula is C23H27F3N4O3. The van der Waals surface area contributed by atoms with Gasteiger partial charge in [-0.05, 0) is 48.3 Å². The number of fused-ring (bicyclic) bond motifs is 1. The van der Waals surface area contributed by atoms with E-state index in [9.17, 15) is 18.0 Å². The van der Waals surface area contributed by atoms with Gasteiger partial charge in [-0.3, -0.25) is 4.90 Å². The molecule has 33 heavy (non-hydrogen) atoms. The minimum Gasteiger partial charge on any atom is -0.406 e. The third-order valence-corrected chi connectivity index (χ3v) is 7.06. The Balaban J connectivity index is 1.26. The van der Waals surface area contributed by atoms with Gasteiger partial charge in [0.2, 0.25) is 5.88 Å². The lowest BCUT2D eigenvalue weighted by molar-refractivity contribution is -0.274. The number of imidazole rings is 1. The lowest BCUT2D eigenvalue weighted by Gasteiger charge is -2.36. The smallest absolute Gasteiger partial charge is 0.406 e. The van der Waals surface area contributed by atoms with E-state index >= 15 is 0 Å². The Labute approximate surface area is 190 Å². The van der Waals surface area contributed by atoms with Gasteiger partial charge in [-0.15, -0.1) is 13.2 Å². The Kier molecular flexibility index (Phi) is 5.72. The molecule has 2 aliphatic carbocycles. The first kappa shape index (κ1) is 22.1. The molecule has 7 nitrogen and oxygen atoms in total. The number of nitrogens with zero attached hydrogens (tertiary/aromatic N) is 4. The number of likely N-dealkylation sites (tertiary alicyclic amines) is 1. The number of rotatable bonds is 7.